The van der Waals surface area contributed by atoms with Crippen LogP contribution in [0.3, 0.4) is 0 Å². The van der Waals surface area contributed by atoms with Crippen molar-refractivity contribution in [3.8, 4) is 0 Å². The molecule has 1 aliphatic rings. The van der Waals surface area contributed by atoms with E-state index in [1.165, 1.54) is 0 Å². The number of amides is 1. The SMILES string of the molecule is CCN(Cc1ccc(C)o1)C(=O)[C@H]1CCS(=O)(=O)C1. The number of hydrogen-bond donors (Lipinski definition) is 0. The third kappa shape index (κ3) is 3.37. The van der Waals surface area contributed by atoms with E-state index in [1.54, 1.807) is 4.90 Å². The minimum Gasteiger partial charge on any atom is -0.464 e. The van der Waals surface area contributed by atoms with Crippen molar-refractivity contribution in [2.75, 3.05) is 18.1 Å². The highest BCUT2D eigenvalue weighted by atomic mass is 32.2. The van der Waals surface area contributed by atoms with Gasteiger partial charge in [0.15, 0.2) is 9.84 Å². The molecule has 0 unspecified atom stereocenters. The molecule has 0 N–H and O–H groups in total. The molecule has 0 saturated carbocycles. The summed E-state index contributed by atoms with van der Waals surface area (Å²) >= 11 is 0. The number of furan rings is 1. The van der Waals surface area contributed by atoms with Gasteiger partial charge in [-0.1, -0.05) is 0 Å². The summed E-state index contributed by atoms with van der Waals surface area (Å²) in [5.41, 5.74) is 0. The summed E-state index contributed by atoms with van der Waals surface area (Å²) in [4.78, 5) is 14.0. The average molecular weight is 285 g/mol. The average Bonchev–Trinajstić information content (AvgIpc) is 2.91. The zero-order valence-electron chi connectivity index (χ0n) is 11.3. The van der Waals surface area contributed by atoms with Gasteiger partial charge >= 0.3 is 0 Å². The van der Waals surface area contributed by atoms with E-state index >= 15 is 0 Å². The molecule has 1 amide bonds. The Hall–Kier alpha value is -1.30. The van der Waals surface area contributed by atoms with Gasteiger partial charge in [-0.05, 0) is 32.4 Å². The molecule has 0 radical (unpaired) electrons. The van der Waals surface area contributed by atoms with Crippen molar-refractivity contribution in [3.05, 3.63) is 23.7 Å². The lowest BCUT2D eigenvalue weighted by Crippen LogP contribution is -2.36. The van der Waals surface area contributed by atoms with E-state index in [-0.39, 0.29) is 23.3 Å². The maximum absolute atomic E-state index is 12.3. The van der Waals surface area contributed by atoms with Crippen LogP contribution in [0.25, 0.3) is 0 Å². The fourth-order valence-corrected chi connectivity index (χ4v) is 4.08. The largest absolute Gasteiger partial charge is 0.464 e. The number of carbonyl (C=O) groups excluding carboxylic acids is 1. The first-order valence-electron chi connectivity index (χ1n) is 6.46. The van der Waals surface area contributed by atoms with Crippen LogP contribution in [0.1, 0.15) is 24.9 Å². The van der Waals surface area contributed by atoms with Crippen molar-refractivity contribution in [3.63, 3.8) is 0 Å². The molecule has 6 heteroatoms. The van der Waals surface area contributed by atoms with E-state index < -0.39 is 9.84 Å². The van der Waals surface area contributed by atoms with Crippen LogP contribution < -0.4 is 0 Å². The van der Waals surface area contributed by atoms with Crippen LogP contribution in [0, 0.1) is 12.8 Å². The Balaban J connectivity index is 2.03. The molecule has 1 atom stereocenters. The first-order valence-corrected chi connectivity index (χ1v) is 8.28. The first kappa shape index (κ1) is 14.1. The van der Waals surface area contributed by atoms with Gasteiger partial charge in [0.25, 0.3) is 0 Å². The summed E-state index contributed by atoms with van der Waals surface area (Å²) < 4.78 is 28.3. The summed E-state index contributed by atoms with van der Waals surface area (Å²) in [6.45, 7) is 4.69. The van der Waals surface area contributed by atoms with Gasteiger partial charge in [0.2, 0.25) is 5.91 Å². The topological polar surface area (TPSA) is 67.6 Å². The Labute approximate surface area is 113 Å². The minimum atomic E-state index is -3.02. The molecule has 0 aliphatic carbocycles. The molecule has 1 saturated heterocycles. The molecular weight excluding hydrogens is 266 g/mol. The van der Waals surface area contributed by atoms with Gasteiger partial charge in [-0.3, -0.25) is 4.79 Å². The molecule has 1 aromatic heterocycles. The molecule has 1 aromatic rings. The second kappa shape index (κ2) is 5.36. The molecule has 1 aliphatic heterocycles. The summed E-state index contributed by atoms with van der Waals surface area (Å²) in [6.07, 6.45) is 0.439. The third-order valence-electron chi connectivity index (χ3n) is 3.42. The lowest BCUT2D eigenvalue weighted by atomic mass is 10.1. The van der Waals surface area contributed by atoms with Gasteiger partial charge in [0, 0.05) is 6.54 Å². The molecule has 0 spiro atoms. The summed E-state index contributed by atoms with van der Waals surface area (Å²) in [7, 11) is -3.02. The maximum atomic E-state index is 12.3. The Morgan fingerprint density at radius 2 is 2.21 bits per heavy atom. The van der Waals surface area contributed by atoms with Gasteiger partial charge in [-0.25, -0.2) is 8.42 Å². The van der Waals surface area contributed by atoms with Gasteiger partial charge in [0.1, 0.15) is 11.5 Å². The van der Waals surface area contributed by atoms with Crippen molar-refractivity contribution in [1.82, 2.24) is 4.90 Å². The van der Waals surface area contributed by atoms with Crippen LogP contribution in [0.15, 0.2) is 16.5 Å². The quantitative estimate of drug-likeness (QED) is 0.838. The van der Waals surface area contributed by atoms with Crippen LogP contribution in [0.5, 0.6) is 0 Å². The monoisotopic (exact) mass is 285 g/mol. The number of rotatable bonds is 4. The van der Waals surface area contributed by atoms with Gasteiger partial charge in [-0.2, -0.15) is 0 Å². The smallest absolute Gasteiger partial charge is 0.227 e. The van der Waals surface area contributed by atoms with Crippen molar-refractivity contribution < 1.29 is 17.6 Å². The molecule has 0 aromatic carbocycles. The zero-order chi connectivity index (χ0) is 14.0. The highest BCUT2D eigenvalue weighted by Crippen LogP contribution is 2.22. The van der Waals surface area contributed by atoms with Crippen molar-refractivity contribution in [2.45, 2.75) is 26.8 Å². The van der Waals surface area contributed by atoms with E-state index in [0.717, 1.165) is 11.5 Å². The van der Waals surface area contributed by atoms with Gasteiger partial charge in [-0.15, -0.1) is 0 Å². The standard InChI is InChI=1S/C13H19NO4S/c1-3-14(8-12-5-4-10(2)18-12)13(15)11-6-7-19(16,17)9-11/h4-5,11H,3,6-9H2,1-2H3/t11-/m0/s1. The Kier molecular flexibility index (Phi) is 3.99. The predicted molar refractivity (Wildman–Crippen MR) is 71.3 cm³/mol. The Morgan fingerprint density at radius 1 is 1.47 bits per heavy atom. The zero-order valence-corrected chi connectivity index (χ0v) is 12.1. The molecule has 19 heavy (non-hydrogen) atoms. The number of nitrogens with zero attached hydrogens (tertiary/aromatic N) is 1. The summed E-state index contributed by atoms with van der Waals surface area (Å²) in [6, 6.07) is 3.70. The van der Waals surface area contributed by atoms with E-state index in [2.05, 4.69) is 0 Å². The normalized spacial score (nSPS) is 21.5. The fourth-order valence-electron chi connectivity index (χ4n) is 2.35. The van der Waals surface area contributed by atoms with Crippen LogP contribution >= 0.6 is 0 Å². The molecule has 106 valence electrons. The molecule has 2 rings (SSSR count). The van der Waals surface area contributed by atoms with Crippen LogP contribution in [-0.4, -0.2) is 37.3 Å². The minimum absolute atomic E-state index is 0.0144. The Bertz CT molecular complexity index is 561. The van der Waals surface area contributed by atoms with Gasteiger partial charge < -0.3 is 9.32 Å². The molecular formula is C13H19NO4S. The number of sulfone groups is 1. The third-order valence-corrected chi connectivity index (χ3v) is 5.19. The molecule has 2 heterocycles. The summed E-state index contributed by atoms with van der Waals surface area (Å²) in [5, 5.41) is 0. The van der Waals surface area contributed by atoms with Gasteiger partial charge in [0.05, 0.1) is 24.0 Å². The van der Waals surface area contributed by atoms with Crippen molar-refractivity contribution in [2.24, 2.45) is 5.92 Å². The van der Waals surface area contributed by atoms with E-state index in [9.17, 15) is 13.2 Å². The van der Waals surface area contributed by atoms with Crippen LogP contribution in [-0.2, 0) is 21.2 Å². The van der Waals surface area contributed by atoms with Crippen molar-refractivity contribution >= 4 is 15.7 Å². The van der Waals surface area contributed by atoms with E-state index in [4.69, 9.17) is 4.42 Å². The number of carbonyl (C=O) groups is 1. The lowest BCUT2D eigenvalue weighted by molar-refractivity contribution is -0.135. The van der Waals surface area contributed by atoms with E-state index in [1.807, 2.05) is 26.0 Å². The summed E-state index contributed by atoms with van der Waals surface area (Å²) in [5.74, 6) is 1.18. The number of aryl methyl sites for hydroxylation is 1. The van der Waals surface area contributed by atoms with E-state index in [0.29, 0.717) is 19.5 Å². The Morgan fingerprint density at radius 3 is 2.68 bits per heavy atom. The van der Waals surface area contributed by atoms with Crippen molar-refractivity contribution in [1.29, 1.82) is 0 Å². The molecule has 5 nitrogen and oxygen atoms in total. The van der Waals surface area contributed by atoms with Crippen LogP contribution in [0.4, 0.5) is 0 Å². The second-order valence-corrected chi connectivity index (χ2v) is 7.19. The predicted octanol–water partition coefficient (Wildman–Crippen LogP) is 1.37. The highest BCUT2D eigenvalue weighted by molar-refractivity contribution is 7.91. The molecule has 1 fully saturated rings. The second-order valence-electron chi connectivity index (χ2n) is 4.96. The number of hydrogen-bond acceptors (Lipinski definition) is 4. The fraction of sp³-hybridized carbons (Fsp3) is 0.615. The highest BCUT2D eigenvalue weighted by Gasteiger charge is 2.35. The van der Waals surface area contributed by atoms with Crippen LogP contribution in [0.2, 0.25) is 0 Å². The first-order chi connectivity index (χ1) is 8.91. The maximum Gasteiger partial charge on any atom is 0.227 e. The molecule has 0 bridgehead atoms. The lowest BCUT2D eigenvalue weighted by Gasteiger charge is -2.22.